The van der Waals surface area contributed by atoms with Crippen LogP contribution in [0.2, 0.25) is 5.02 Å². The maximum Gasteiger partial charge on any atom is 0.264 e. The van der Waals surface area contributed by atoms with Crippen molar-refractivity contribution in [3.63, 3.8) is 0 Å². The summed E-state index contributed by atoms with van der Waals surface area (Å²) in [4.78, 5) is 30.0. The van der Waals surface area contributed by atoms with Gasteiger partial charge in [0.15, 0.2) is 0 Å². The number of benzene rings is 4. The number of rotatable bonds is 14. The number of sulfonamides is 1. The van der Waals surface area contributed by atoms with Crippen LogP contribution in [0.25, 0.3) is 0 Å². The highest BCUT2D eigenvalue weighted by atomic mass is 35.5. The number of halogens is 1. The topological polar surface area (TPSA) is 86.8 Å². The lowest BCUT2D eigenvalue weighted by Crippen LogP contribution is -2.54. The number of amides is 2. The van der Waals surface area contributed by atoms with Gasteiger partial charge in [0, 0.05) is 24.0 Å². The van der Waals surface area contributed by atoms with Gasteiger partial charge in [-0.3, -0.25) is 13.9 Å². The van der Waals surface area contributed by atoms with Crippen LogP contribution in [0.1, 0.15) is 43.9 Å². The van der Waals surface area contributed by atoms with Crippen LogP contribution in [0.15, 0.2) is 114 Å². The zero-order chi connectivity index (χ0) is 32.4. The maximum atomic E-state index is 14.5. The van der Waals surface area contributed by atoms with E-state index >= 15 is 0 Å². The summed E-state index contributed by atoms with van der Waals surface area (Å²) in [7, 11) is -4.15. The minimum atomic E-state index is -4.15. The predicted molar refractivity (Wildman–Crippen MR) is 181 cm³/mol. The van der Waals surface area contributed by atoms with Crippen LogP contribution in [0.3, 0.4) is 0 Å². The third-order valence-electron chi connectivity index (χ3n) is 7.81. The van der Waals surface area contributed by atoms with E-state index in [1.54, 1.807) is 48.5 Å². The van der Waals surface area contributed by atoms with E-state index < -0.39 is 28.5 Å². The van der Waals surface area contributed by atoms with Crippen LogP contribution in [-0.2, 0) is 39.0 Å². The Morgan fingerprint density at radius 2 is 1.40 bits per heavy atom. The molecule has 7 nitrogen and oxygen atoms in total. The van der Waals surface area contributed by atoms with Crippen LogP contribution in [0.4, 0.5) is 5.69 Å². The molecule has 0 fully saturated rings. The Labute approximate surface area is 271 Å². The Morgan fingerprint density at radius 1 is 0.800 bits per heavy atom. The molecular weight excluding hydrogens is 606 g/mol. The molecule has 0 saturated carbocycles. The zero-order valence-corrected chi connectivity index (χ0v) is 27.5. The van der Waals surface area contributed by atoms with E-state index in [1.165, 1.54) is 17.0 Å². The highest BCUT2D eigenvalue weighted by Crippen LogP contribution is 2.26. The van der Waals surface area contributed by atoms with Crippen molar-refractivity contribution in [1.29, 1.82) is 0 Å². The molecule has 2 amide bonds. The first-order valence-electron chi connectivity index (χ1n) is 15.2. The standard InChI is InChI=1S/C36H40ClN3O4S/c1-4-27(3)38-36(42)34(24-29-14-8-6-9-15-29)39(25-30-16-12-13-19-33(30)37)35(41)26-40(31-22-20-28(5-2)21-23-31)45(43,44)32-17-10-7-11-18-32/h6-23,27,34H,4-5,24-26H2,1-3H3,(H,38,42)/t27-,34-/m1/s1. The first-order chi connectivity index (χ1) is 21.6. The fourth-order valence-electron chi connectivity index (χ4n) is 4.95. The molecule has 45 heavy (non-hydrogen) atoms. The minimum Gasteiger partial charge on any atom is -0.352 e. The van der Waals surface area contributed by atoms with Crippen LogP contribution >= 0.6 is 11.6 Å². The Morgan fingerprint density at radius 3 is 2.00 bits per heavy atom. The fourth-order valence-corrected chi connectivity index (χ4v) is 6.58. The summed E-state index contributed by atoms with van der Waals surface area (Å²) in [5.41, 5.74) is 2.90. The molecule has 236 valence electrons. The lowest BCUT2D eigenvalue weighted by molar-refractivity contribution is -0.140. The molecule has 0 aliphatic heterocycles. The number of nitrogens with zero attached hydrogens (tertiary/aromatic N) is 2. The highest BCUT2D eigenvalue weighted by molar-refractivity contribution is 7.92. The van der Waals surface area contributed by atoms with Gasteiger partial charge in [-0.1, -0.05) is 104 Å². The second-order valence-electron chi connectivity index (χ2n) is 11.0. The molecule has 1 N–H and O–H groups in total. The number of nitrogens with one attached hydrogen (secondary N) is 1. The largest absolute Gasteiger partial charge is 0.352 e. The average molecular weight is 646 g/mol. The molecule has 0 aliphatic carbocycles. The molecule has 0 spiro atoms. The van der Waals surface area contributed by atoms with Crippen molar-refractivity contribution < 1.29 is 18.0 Å². The number of anilines is 1. The van der Waals surface area contributed by atoms with E-state index in [0.717, 1.165) is 21.9 Å². The third kappa shape index (κ3) is 8.74. The molecule has 4 rings (SSSR count). The Balaban J connectivity index is 1.81. The molecule has 4 aromatic rings. The van der Waals surface area contributed by atoms with E-state index in [-0.39, 0.29) is 29.8 Å². The first-order valence-corrected chi connectivity index (χ1v) is 17.0. The van der Waals surface area contributed by atoms with Crippen molar-refractivity contribution in [2.24, 2.45) is 0 Å². The van der Waals surface area contributed by atoms with Gasteiger partial charge in [0.25, 0.3) is 10.0 Å². The van der Waals surface area contributed by atoms with Crippen molar-refractivity contribution >= 4 is 39.1 Å². The quantitative estimate of drug-likeness (QED) is 0.166. The number of aryl methyl sites for hydroxylation is 1. The third-order valence-corrected chi connectivity index (χ3v) is 9.97. The summed E-state index contributed by atoms with van der Waals surface area (Å²) >= 11 is 6.56. The Bertz CT molecular complexity index is 1670. The summed E-state index contributed by atoms with van der Waals surface area (Å²) in [6.45, 7) is 5.39. The van der Waals surface area contributed by atoms with Crippen molar-refractivity contribution in [3.05, 3.63) is 131 Å². The van der Waals surface area contributed by atoms with E-state index in [4.69, 9.17) is 11.6 Å². The van der Waals surface area contributed by atoms with Crippen LogP contribution in [0.5, 0.6) is 0 Å². The molecule has 9 heteroatoms. The normalized spacial score (nSPS) is 12.6. The molecular formula is C36H40ClN3O4S. The molecule has 0 bridgehead atoms. The van der Waals surface area contributed by atoms with Crippen LogP contribution in [0, 0.1) is 0 Å². The number of hydrogen-bond acceptors (Lipinski definition) is 4. The van der Waals surface area contributed by atoms with Crippen molar-refractivity contribution in [2.75, 3.05) is 10.8 Å². The fraction of sp³-hybridized carbons (Fsp3) is 0.278. The molecule has 0 heterocycles. The van der Waals surface area contributed by atoms with Crippen molar-refractivity contribution in [1.82, 2.24) is 10.2 Å². The van der Waals surface area contributed by atoms with Gasteiger partial charge in [-0.15, -0.1) is 0 Å². The molecule has 4 aromatic carbocycles. The number of carbonyl (C=O) groups excluding carboxylic acids is 2. The Hall–Kier alpha value is -4.14. The molecule has 0 aliphatic rings. The lowest BCUT2D eigenvalue weighted by Gasteiger charge is -2.34. The van der Waals surface area contributed by atoms with Gasteiger partial charge in [0.1, 0.15) is 12.6 Å². The second kappa shape index (κ2) is 15.7. The number of carbonyl (C=O) groups is 2. The van der Waals surface area contributed by atoms with E-state index in [2.05, 4.69) is 5.32 Å². The molecule has 0 radical (unpaired) electrons. The van der Waals surface area contributed by atoms with Gasteiger partial charge in [-0.25, -0.2) is 8.42 Å². The molecule has 0 unspecified atom stereocenters. The van der Waals surface area contributed by atoms with E-state index in [1.807, 2.05) is 69.3 Å². The summed E-state index contributed by atoms with van der Waals surface area (Å²) in [5.74, 6) is -0.854. The van der Waals surface area contributed by atoms with Gasteiger partial charge in [0.2, 0.25) is 11.8 Å². The smallest absolute Gasteiger partial charge is 0.264 e. The predicted octanol–water partition coefficient (Wildman–Crippen LogP) is 6.65. The highest BCUT2D eigenvalue weighted by Gasteiger charge is 2.35. The Kier molecular flexibility index (Phi) is 11.8. The van der Waals surface area contributed by atoms with Crippen molar-refractivity contribution in [2.45, 2.75) is 63.6 Å². The lowest BCUT2D eigenvalue weighted by atomic mass is 10.0. The summed E-state index contributed by atoms with van der Waals surface area (Å²) in [6, 6.07) is 30.7. The van der Waals surface area contributed by atoms with Crippen LogP contribution in [-0.4, -0.2) is 43.8 Å². The minimum absolute atomic E-state index is 0.0118. The summed E-state index contributed by atoms with van der Waals surface area (Å²) in [5, 5.41) is 3.49. The van der Waals surface area contributed by atoms with Gasteiger partial charge in [-0.2, -0.15) is 0 Å². The SMILES string of the molecule is CCc1ccc(N(CC(=O)N(Cc2ccccc2Cl)[C@H](Cc2ccccc2)C(=O)N[C@H](C)CC)S(=O)(=O)c2ccccc2)cc1. The summed E-state index contributed by atoms with van der Waals surface area (Å²) < 4.78 is 29.3. The zero-order valence-electron chi connectivity index (χ0n) is 25.9. The average Bonchev–Trinajstić information content (AvgIpc) is 3.06. The van der Waals surface area contributed by atoms with Gasteiger partial charge < -0.3 is 10.2 Å². The van der Waals surface area contributed by atoms with Gasteiger partial charge >= 0.3 is 0 Å². The first kappa shape index (κ1) is 33.7. The summed E-state index contributed by atoms with van der Waals surface area (Å²) in [6.07, 6.45) is 1.72. The molecule has 2 atom stereocenters. The van der Waals surface area contributed by atoms with E-state index in [9.17, 15) is 18.0 Å². The second-order valence-corrected chi connectivity index (χ2v) is 13.3. The van der Waals surface area contributed by atoms with Crippen molar-refractivity contribution in [3.8, 4) is 0 Å². The van der Waals surface area contributed by atoms with E-state index in [0.29, 0.717) is 22.7 Å². The maximum absolute atomic E-state index is 14.5. The van der Waals surface area contributed by atoms with Gasteiger partial charge in [0.05, 0.1) is 10.6 Å². The number of hydrogen-bond donors (Lipinski definition) is 1. The monoisotopic (exact) mass is 645 g/mol. The molecule has 0 saturated heterocycles. The molecule has 0 aromatic heterocycles. The van der Waals surface area contributed by atoms with Crippen LogP contribution < -0.4 is 9.62 Å². The van der Waals surface area contributed by atoms with Gasteiger partial charge in [-0.05, 0) is 66.8 Å².